The highest BCUT2D eigenvalue weighted by Crippen LogP contribution is 2.27. The smallest absolute Gasteiger partial charge is 0.148 e. The topological polar surface area (TPSA) is 12.9 Å². The average Bonchev–Trinajstić information content (AvgIpc) is 2.01. The van der Waals surface area contributed by atoms with Gasteiger partial charge in [-0.05, 0) is 17.5 Å². The molecule has 0 aliphatic rings. The lowest BCUT2D eigenvalue weighted by atomic mass is 9.89. The van der Waals surface area contributed by atoms with Gasteiger partial charge in [0.15, 0.2) is 0 Å². The van der Waals surface area contributed by atoms with Crippen LogP contribution >= 0.6 is 0 Å². The highest BCUT2D eigenvalue weighted by molar-refractivity contribution is 5.26. The Balaban J connectivity index is 3.28. The largest absolute Gasteiger partial charge is 0.258 e. The van der Waals surface area contributed by atoms with Gasteiger partial charge in [-0.25, -0.2) is 4.39 Å². The normalized spacial score (nSPS) is 12.2. The summed E-state index contributed by atoms with van der Waals surface area (Å²) in [5.41, 5.74) is 1.09. The third-order valence-corrected chi connectivity index (χ3v) is 2.25. The second-order valence-corrected chi connectivity index (χ2v) is 4.97. The Kier molecular flexibility index (Phi) is 2.93. The molecule has 0 saturated heterocycles. The van der Waals surface area contributed by atoms with Gasteiger partial charge < -0.3 is 0 Å². The first-order valence-corrected chi connectivity index (χ1v) is 4.99. The Bertz CT molecular complexity index is 324. The fourth-order valence-corrected chi connectivity index (χ4v) is 1.43. The van der Waals surface area contributed by atoms with Gasteiger partial charge in [0.1, 0.15) is 5.82 Å². The lowest BCUT2D eigenvalue weighted by Gasteiger charge is -2.20. The highest BCUT2D eigenvalue weighted by Gasteiger charge is 2.22. The van der Waals surface area contributed by atoms with Crippen LogP contribution in [0.1, 0.15) is 51.8 Å². The van der Waals surface area contributed by atoms with Crippen molar-refractivity contribution in [3.8, 4) is 0 Å². The first-order valence-electron chi connectivity index (χ1n) is 4.99. The maximum absolute atomic E-state index is 14.0. The van der Waals surface area contributed by atoms with E-state index in [4.69, 9.17) is 0 Å². The summed E-state index contributed by atoms with van der Waals surface area (Å²) in [6.45, 7) is 9.91. The fourth-order valence-electron chi connectivity index (χ4n) is 1.43. The van der Waals surface area contributed by atoms with E-state index >= 15 is 0 Å². The van der Waals surface area contributed by atoms with E-state index in [2.05, 4.69) is 4.98 Å². The zero-order valence-electron chi connectivity index (χ0n) is 9.56. The van der Waals surface area contributed by atoms with Crippen LogP contribution in [0.2, 0.25) is 0 Å². The monoisotopic (exact) mass is 195 g/mol. The van der Waals surface area contributed by atoms with Crippen LogP contribution in [0.4, 0.5) is 4.39 Å². The number of halogens is 1. The van der Waals surface area contributed by atoms with Gasteiger partial charge in [-0.3, -0.25) is 4.98 Å². The van der Waals surface area contributed by atoms with Crippen LogP contribution in [0.3, 0.4) is 0 Å². The summed E-state index contributed by atoms with van der Waals surface area (Å²) >= 11 is 0. The van der Waals surface area contributed by atoms with Crippen LogP contribution in [0.25, 0.3) is 0 Å². The molecule has 0 aliphatic carbocycles. The first kappa shape index (κ1) is 11.2. The Morgan fingerprint density at radius 2 is 1.86 bits per heavy atom. The van der Waals surface area contributed by atoms with Crippen LogP contribution in [-0.2, 0) is 5.41 Å². The van der Waals surface area contributed by atoms with Crippen LogP contribution < -0.4 is 0 Å². The van der Waals surface area contributed by atoms with E-state index in [1.165, 1.54) is 0 Å². The van der Waals surface area contributed by atoms with Crippen LogP contribution in [-0.4, -0.2) is 4.98 Å². The molecule has 2 heteroatoms. The Morgan fingerprint density at radius 3 is 2.29 bits per heavy atom. The summed E-state index contributed by atoms with van der Waals surface area (Å²) in [4.78, 5) is 4.12. The molecule has 1 aromatic rings. The predicted octanol–water partition coefficient (Wildman–Crippen LogP) is 3.64. The zero-order chi connectivity index (χ0) is 10.9. The molecule has 0 unspecified atom stereocenters. The molecule has 0 N–H and O–H groups in total. The molecule has 0 aliphatic heterocycles. The van der Waals surface area contributed by atoms with Gasteiger partial charge in [0.05, 0.1) is 5.69 Å². The van der Waals surface area contributed by atoms with E-state index in [0.717, 1.165) is 5.56 Å². The van der Waals surface area contributed by atoms with Crippen molar-refractivity contribution >= 4 is 0 Å². The number of nitrogens with zero attached hydrogens (tertiary/aromatic N) is 1. The van der Waals surface area contributed by atoms with Crippen molar-refractivity contribution < 1.29 is 4.39 Å². The third-order valence-electron chi connectivity index (χ3n) is 2.25. The maximum Gasteiger partial charge on any atom is 0.148 e. The van der Waals surface area contributed by atoms with Gasteiger partial charge in [-0.1, -0.05) is 34.6 Å². The van der Waals surface area contributed by atoms with Crippen molar-refractivity contribution in [3.63, 3.8) is 0 Å². The number of pyridine rings is 1. The minimum atomic E-state index is -0.227. The maximum atomic E-state index is 14.0. The van der Waals surface area contributed by atoms with Gasteiger partial charge in [-0.2, -0.15) is 0 Å². The number of hydrogen-bond acceptors (Lipinski definition) is 1. The average molecular weight is 195 g/mol. The lowest BCUT2D eigenvalue weighted by molar-refractivity contribution is 0.491. The van der Waals surface area contributed by atoms with Crippen molar-refractivity contribution in [2.24, 2.45) is 0 Å². The quantitative estimate of drug-likeness (QED) is 0.666. The summed E-state index contributed by atoms with van der Waals surface area (Å²) in [7, 11) is 0. The van der Waals surface area contributed by atoms with Crippen molar-refractivity contribution in [3.05, 3.63) is 29.3 Å². The molecule has 0 amide bonds. The van der Waals surface area contributed by atoms with Gasteiger partial charge in [0.2, 0.25) is 0 Å². The molecular formula is C12H18FN. The summed E-state index contributed by atoms with van der Waals surface area (Å²) in [5.74, 6) is 0.0640. The molecule has 14 heavy (non-hydrogen) atoms. The second-order valence-electron chi connectivity index (χ2n) is 4.97. The highest BCUT2D eigenvalue weighted by atomic mass is 19.1. The van der Waals surface area contributed by atoms with E-state index in [1.807, 2.05) is 34.6 Å². The molecule has 0 atom stereocenters. The molecule has 0 spiro atoms. The number of rotatable bonds is 1. The lowest BCUT2D eigenvalue weighted by Crippen LogP contribution is -2.17. The molecule has 1 rings (SSSR count). The van der Waals surface area contributed by atoms with Crippen molar-refractivity contribution in [2.45, 2.75) is 46.0 Å². The summed E-state index contributed by atoms with van der Waals surface area (Å²) in [6, 6.07) is 1.76. The van der Waals surface area contributed by atoms with E-state index in [1.54, 1.807) is 12.3 Å². The Labute approximate surface area is 85.4 Å². The van der Waals surface area contributed by atoms with Gasteiger partial charge in [-0.15, -0.1) is 0 Å². The van der Waals surface area contributed by atoms with Crippen LogP contribution in [0.15, 0.2) is 12.3 Å². The summed E-state index contributed by atoms with van der Waals surface area (Å²) in [5, 5.41) is 0. The van der Waals surface area contributed by atoms with E-state index < -0.39 is 0 Å². The Morgan fingerprint density at radius 1 is 1.29 bits per heavy atom. The van der Waals surface area contributed by atoms with E-state index in [0.29, 0.717) is 5.69 Å². The summed E-state index contributed by atoms with van der Waals surface area (Å²) in [6.07, 6.45) is 1.69. The minimum Gasteiger partial charge on any atom is -0.258 e. The van der Waals surface area contributed by atoms with E-state index in [9.17, 15) is 4.39 Å². The second kappa shape index (κ2) is 3.68. The number of aromatic nitrogens is 1. The van der Waals surface area contributed by atoms with Crippen LogP contribution in [0.5, 0.6) is 0 Å². The molecule has 1 aromatic heterocycles. The summed E-state index contributed by atoms with van der Waals surface area (Å²) < 4.78 is 14.0. The molecule has 1 heterocycles. The molecule has 1 nitrogen and oxygen atoms in total. The molecule has 78 valence electrons. The molecule has 0 fully saturated rings. The SMILES string of the molecule is CC(C)c1ccnc(C(C)(C)C)c1F. The first-order chi connectivity index (χ1) is 6.34. The van der Waals surface area contributed by atoms with Crippen molar-refractivity contribution in [1.29, 1.82) is 0 Å². The van der Waals surface area contributed by atoms with E-state index in [-0.39, 0.29) is 17.2 Å². The third kappa shape index (κ3) is 2.11. The molecule has 0 saturated carbocycles. The van der Waals surface area contributed by atoms with Gasteiger partial charge in [0, 0.05) is 11.6 Å². The standard InChI is InChI=1S/C12H18FN/c1-8(2)9-6-7-14-11(10(9)13)12(3,4)5/h6-8H,1-5H3. The molecular weight excluding hydrogens is 177 g/mol. The fraction of sp³-hybridized carbons (Fsp3) is 0.583. The molecule has 0 radical (unpaired) electrons. The predicted molar refractivity (Wildman–Crippen MR) is 57.0 cm³/mol. The van der Waals surface area contributed by atoms with Crippen molar-refractivity contribution in [2.75, 3.05) is 0 Å². The number of hydrogen-bond donors (Lipinski definition) is 0. The van der Waals surface area contributed by atoms with Gasteiger partial charge >= 0.3 is 0 Å². The van der Waals surface area contributed by atoms with Gasteiger partial charge in [0.25, 0.3) is 0 Å². The van der Waals surface area contributed by atoms with Crippen LogP contribution in [0, 0.1) is 5.82 Å². The zero-order valence-corrected chi connectivity index (χ0v) is 9.56. The van der Waals surface area contributed by atoms with Crippen molar-refractivity contribution in [1.82, 2.24) is 4.98 Å². The minimum absolute atomic E-state index is 0.144. The molecule has 0 bridgehead atoms. The molecule has 0 aromatic carbocycles. The Hall–Kier alpha value is -0.920.